The first-order valence-corrected chi connectivity index (χ1v) is 17.5. The minimum absolute atomic E-state index is 0.0342. The number of unbranched alkanes of at least 4 members (excludes halogenated alkanes) is 6. The van der Waals surface area contributed by atoms with Gasteiger partial charge in [0.2, 0.25) is 0 Å². The molecule has 0 radical (unpaired) electrons. The molecule has 0 saturated heterocycles. The number of allylic oxidation sites excluding steroid dienone is 3. The zero-order valence-corrected chi connectivity index (χ0v) is 27.1. The van der Waals surface area contributed by atoms with Crippen LogP contribution in [0.15, 0.2) is 35.9 Å². The molecule has 7 nitrogen and oxygen atoms in total. The van der Waals surface area contributed by atoms with E-state index in [9.17, 15) is 19.4 Å². The van der Waals surface area contributed by atoms with Crippen LogP contribution in [0.2, 0.25) is 0 Å². The number of phosphoric ester groups is 1. The van der Waals surface area contributed by atoms with Gasteiger partial charge in [0.25, 0.3) is 7.82 Å². The van der Waals surface area contributed by atoms with Crippen molar-refractivity contribution in [2.24, 2.45) is 5.92 Å². The predicted molar refractivity (Wildman–Crippen MR) is 166 cm³/mol. The van der Waals surface area contributed by atoms with Gasteiger partial charge in [0.1, 0.15) is 11.5 Å². The Balaban J connectivity index is 1.81. The molecule has 1 aromatic rings. The molecule has 1 N–H and O–H groups in total. The normalized spacial score (nSPS) is 21.5. The second kappa shape index (κ2) is 16.2. The molecular weight excluding hydrogens is 551 g/mol. The molecule has 0 spiro atoms. The zero-order valence-electron chi connectivity index (χ0n) is 26.3. The summed E-state index contributed by atoms with van der Waals surface area (Å²) in [6.45, 7) is 12.5. The number of phosphoric acid groups is 1. The van der Waals surface area contributed by atoms with E-state index in [1.54, 1.807) is 12.1 Å². The summed E-state index contributed by atoms with van der Waals surface area (Å²) in [4.78, 5) is 26.7. The molecule has 3 rings (SSSR count). The topological polar surface area (TPSA) is 105 Å². The summed E-state index contributed by atoms with van der Waals surface area (Å²) >= 11 is 0. The maximum absolute atomic E-state index is 13.8. The van der Waals surface area contributed by atoms with Crippen LogP contribution in [0.4, 0.5) is 0 Å². The lowest BCUT2D eigenvalue weighted by molar-refractivity contribution is -0.237. The van der Waals surface area contributed by atoms with E-state index in [4.69, 9.17) is 13.8 Å². The first-order chi connectivity index (χ1) is 20.0. The summed E-state index contributed by atoms with van der Waals surface area (Å²) in [5.41, 5.74) is 1.94. The number of aryl methyl sites for hydroxylation is 1. The molecular formula is C34H52O7P-. The van der Waals surface area contributed by atoms with Crippen LogP contribution in [-0.2, 0) is 24.8 Å². The van der Waals surface area contributed by atoms with Gasteiger partial charge in [-0.1, -0.05) is 82.6 Å². The van der Waals surface area contributed by atoms with Crippen LogP contribution in [-0.4, -0.2) is 23.3 Å². The fourth-order valence-electron chi connectivity index (χ4n) is 6.37. The van der Waals surface area contributed by atoms with Crippen LogP contribution in [0.3, 0.4) is 0 Å². The van der Waals surface area contributed by atoms with E-state index in [0.29, 0.717) is 31.2 Å². The molecule has 8 heteroatoms. The first kappa shape index (κ1) is 34.6. The summed E-state index contributed by atoms with van der Waals surface area (Å²) < 4.78 is 29.7. The van der Waals surface area contributed by atoms with Gasteiger partial charge in [-0.2, -0.15) is 0 Å². The van der Waals surface area contributed by atoms with Crippen molar-refractivity contribution in [3.8, 4) is 11.5 Å². The van der Waals surface area contributed by atoms with Gasteiger partial charge in [-0.15, -0.1) is 0 Å². The van der Waals surface area contributed by atoms with E-state index in [1.165, 1.54) is 24.8 Å². The lowest BCUT2D eigenvalue weighted by Crippen LogP contribution is -2.42. The maximum Gasteiger partial charge on any atom is 0.344 e. The Morgan fingerprint density at radius 3 is 2.40 bits per heavy atom. The molecule has 0 aliphatic heterocycles. The first-order valence-electron chi connectivity index (χ1n) is 16.1. The number of aromatic hydroxyl groups is 1. The lowest BCUT2D eigenvalue weighted by atomic mass is 9.73. The van der Waals surface area contributed by atoms with E-state index < -0.39 is 19.4 Å². The minimum Gasteiger partial charge on any atom is -0.756 e. The molecule has 1 saturated carbocycles. The van der Waals surface area contributed by atoms with Gasteiger partial charge < -0.3 is 19.3 Å². The molecule has 1 fully saturated rings. The number of rotatable bonds is 17. The van der Waals surface area contributed by atoms with Crippen molar-refractivity contribution in [3.63, 3.8) is 0 Å². The van der Waals surface area contributed by atoms with Crippen LogP contribution < -0.4 is 9.63 Å². The third-order valence-corrected chi connectivity index (χ3v) is 9.77. The molecule has 236 valence electrons. The summed E-state index contributed by atoms with van der Waals surface area (Å²) in [6.07, 6.45) is 14.5. The molecule has 0 heterocycles. The summed E-state index contributed by atoms with van der Waals surface area (Å²) in [5.74, 6) is -0.572. The van der Waals surface area contributed by atoms with E-state index in [-0.39, 0.29) is 42.8 Å². The fraction of sp³-hybridized carbons (Fsp3) is 0.676. The van der Waals surface area contributed by atoms with Gasteiger partial charge in [-0.25, -0.2) is 4.79 Å². The molecule has 3 atom stereocenters. The molecule has 2 aliphatic rings. The zero-order chi connectivity index (χ0) is 30.8. The van der Waals surface area contributed by atoms with E-state index >= 15 is 0 Å². The average molecular weight is 604 g/mol. The van der Waals surface area contributed by atoms with E-state index in [1.807, 2.05) is 13.8 Å². The number of phenols is 1. The number of phenolic OH excluding ortho intramolecular Hbond substituents is 1. The van der Waals surface area contributed by atoms with Crippen LogP contribution in [0.5, 0.6) is 11.5 Å². The summed E-state index contributed by atoms with van der Waals surface area (Å²) in [5, 5.41) is 11.3. The Morgan fingerprint density at radius 2 is 1.76 bits per heavy atom. The van der Waals surface area contributed by atoms with Crippen molar-refractivity contribution < 1.29 is 33.1 Å². The van der Waals surface area contributed by atoms with Crippen LogP contribution in [0.25, 0.3) is 0 Å². The average Bonchev–Trinajstić information content (AvgIpc) is 3.39. The number of ether oxygens (including phenoxy) is 1. The van der Waals surface area contributed by atoms with Gasteiger partial charge in [-0.05, 0) is 88.8 Å². The standard InChI is InChI=1S/C34H53O7P/c1-6-8-9-10-11-12-15-21-39-42(37,38)41-34(19-13-14-20-34)33(36)40-31-24-27(16-7-2)23-30(35)32(31)29-22-26(5)17-18-28(29)25(3)4/h22-24,28-29,35H,3,6-21H2,1-2,4-5H3,(H,37,38)/p-1/t28-,29+/m0/s1. The van der Waals surface area contributed by atoms with E-state index in [2.05, 4.69) is 26.5 Å². The molecule has 1 unspecified atom stereocenters. The highest BCUT2D eigenvalue weighted by Gasteiger charge is 2.47. The Hall–Kier alpha value is -1.92. The highest BCUT2D eigenvalue weighted by atomic mass is 31.2. The largest absolute Gasteiger partial charge is 0.756 e. The summed E-state index contributed by atoms with van der Waals surface area (Å²) in [7, 11) is -4.75. The second-order valence-electron chi connectivity index (χ2n) is 12.4. The van der Waals surface area contributed by atoms with Crippen LogP contribution in [0, 0.1) is 5.92 Å². The quantitative estimate of drug-likeness (QED) is 0.0623. The number of hydrogen-bond acceptors (Lipinski definition) is 7. The van der Waals surface area contributed by atoms with Crippen molar-refractivity contribution in [2.75, 3.05) is 6.61 Å². The monoisotopic (exact) mass is 603 g/mol. The van der Waals surface area contributed by atoms with Gasteiger partial charge in [0.15, 0.2) is 5.60 Å². The smallest absolute Gasteiger partial charge is 0.344 e. The SMILES string of the molecule is C=C(C)[C@@H]1CCC(C)=C[C@H]1c1c(O)cc(CCC)cc1OC(=O)C1(OP(=O)([O-])OCCCCCCCCC)CCCC1. The lowest BCUT2D eigenvalue weighted by Gasteiger charge is -2.35. The third-order valence-electron chi connectivity index (χ3n) is 8.70. The number of carbonyl (C=O) groups excluding carboxylic acids is 1. The Labute approximate surface area is 253 Å². The fourth-order valence-corrected chi connectivity index (χ4v) is 7.46. The molecule has 1 aromatic carbocycles. The highest BCUT2D eigenvalue weighted by molar-refractivity contribution is 7.46. The van der Waals surface area contributed by atoms with Gasteiger partial charge in [0.05, 0.1) is 6.61 Å². The van der Waals surface area contributed by atoms with Gasteiger partial charge in [-0.3, -0.25) is 9.09 Å². The van der Waals surface area contributed by atoms with Crippen molar-refractivity contribution in [2.45, 2.75) is 136 Å². The number of esters is 1. The number of carbonyl (C=O) groups is 1. The minimum atomic E-state index is -4.75. The van der Waals surface area contributed by atoms with E-state index in [0.717, 1.165) is 49.7 Å². The molecule has 2 aliphatic carbocycles. The van der Waals surface area contributed by atoms with Crippen molar-refractivity contribution in [3.05, 3.63) is 47.1 Å². The predicted octanol–water partition coefficient (Wildman–Crippen LogP) is 8.83. The Bertz CT molecular complexity index is 1130. The second-order valence-corrected chi connectivity index (χ2v) is 13.7. The van der Waals surface area contributed by atoms with Gasteiger partial charge in [0, 0.05) is 11.5 Å². The number of hydrogen-bond donors (Lipinski definition) is 1. The molecule has 0 amide bonds. The Kier molecular flexibility index (Phi) is 13.4. The maximum atomic E-state index is 13.8. The molecule has 0 aromatic heterocycles. The Morgan fingerprint density at radius 1 is 1.10 bits per heavy atom. The van der Waals surface area contributed by atoms with Crippen LogP contribution in [0.1, 0.15) is 135 Å². The van der Waals surface area contributed by atoms with Crippen LogP contribution >= 0.6 is 7.82 Å². The van der Waals surface area contributed by atoms with Crippen molar-refractivity contribution in [1.29, 1.82) is 0 Å². The third kappa shape index (κ3) is 9.54. The van der Waals surface area contributed by atoms with Gasteiger partial charge >= 0.3 is 5.97 Å². The number of benzene rings is 1. The van der Waals surface area contributed by atoms with Crippen molar-refractivity contribution >= 4 is 13.8 Å². The molecule has 0 bridgehead atoms. The van der Waals surface area contributed by atoms with Crippen molar-refractivity contribution in [1.82, 2.24) is 0 Å². The highest BCUT2D eigenvalue weighted by Crippen LogP contribution is 2.51. The molecule has 42 heavy (non-hydrogen) atoms. The summed E-state index contributed by atoms with van der Waals surface area (Å²) in [6, 6.07) is 3.55.